The van der Waals surface area contributed by atoms with E-state index in [0.29, 0.717) is 11.3 Å². The van der Waals surface area contributed by atoms with E-state index in [4.69, 9.17) is 0 Å². The number of fused-ring (bicyclic) bond motifs is 1. The van der Waals surface area contributed by atoms with E-state index in [-0.39, 0.29) is 5.75 Å². The summed E-state index contributed by atoms with van der Waals surface area (Å²) in [5.74, 6) is 0.233. The largest absolute Gasteiger partial charge is 0.224 e. The minimum Gasteiger partial charge on any atom is -0.224 e. The molecule has 88 valence electrons. The summed E-state index contributed by atoms with van der Waals surface area (Å²) in [7, 11) is -3.07. The number of benzene rings is 1. The van der Waals surface area contributed by atoms with E-state index in [9.17, 15) is 8.42 Å². The molecule has 2 rings (SSSR count). The Labute approximate surface area is 105 Å². The third-order valence-corrected chi connectivity index (χ3v) is 5.33. The van der Waals surface area contributed by atoms with Crippen molar-refractivity contribution in [2.24, 2.45) is 0 Å². The molecule has 0 atom stereocenters. The minimum absolute atomic E-state index is 0.233. The van der Waals surface area contributed by atoms with Gasteiger partial charge in [0.1, 0.15) is 0 Å². The van der Waals surface area contributed by atoms with Crippen LogP contribution >= 0.6 is 15.9 Å². The molecule has 1 aromatic carbocycles. The van der Waals surface area contributed by atoms with Crippen molar-refractivity contribution in [3.8, 4) is 0 Å². The van der Waals surface area contributed by atoms with Gasteiger partial charge >= 0.3 is 0 Å². The zero-order valence-electron chi connectivity index (χ0n) is 9.08. The van der Waals surface area contributed by atoms with Crippen molar-refractivity contribution in [1.29, 1.82) is 0 Å². The number of hydrogen-bond acceptors (Lipinski definition) is 2. The second kappa shape index (κ2) is 4.88. The number of hydrogen-bond donors (Lipinski definition) is 0. The second-order valence-electron chi connectivity index (χ2n) is 4.15. The Kier molecular flexibility index (Phi) is 3.70. The van der Waals surface area contributed by atoms with Crippen LogP contribution in [0.3, 0.4) is 0 Å². The second-order valence-corrected chi connectivity index (χ2v) is 7.05. The van der Waals surface area contributed by atoms with Gasteiger partial charge in [-0.05, 0) is 48.9 Å². The maximum Gasteiger partial charge on any atom is 0.178 e. The molecule has 0 aliphatic heterocycles. The van der Waals surface area contributed by atoms with Gasteiger partial charge in [-0.25, -0.2) is 8.42 Å². The molecule has 0 fully saturated rings. The van der Waals surface area contributed by atoms with Gasteiger partial charge in [0.15, 0.2) is 9.84 Å². The lowest BCUT2D eigenvalue weighted by Crippen LogP contribution is -2.07. The SMILES string of the molecule is O=S(=O)(CCCBr)c1ccc2c(c1)CCC2. The molecule has 0 radical (unpaired) electrons. The highest BCUT2D eigenvalue weighted by Crippen LogP contribution is 2.25. The van der Waals surface area contributed by atoms with E-state index < -0.39 is 9.84 Å². The molecule has 0 N–H and O–H groups in total. The highest BCUT2D eigenvalue weighted by atomic mass is 79.9. The topological polar surface area (TPSA) is 34.1 Å². The fourth-order valence-electron chi connectivity index (χ4n) is 2.10. The highest BCUT2D eigenvalue weighted by Gasteiger charge is 2.17. The lowest BCUT2D eigenvalue weighted by Gasteiger charge is -2.06. The van der Waals surface area contributed by atoms with Crippen LogP contribution in [0, 0.1) is 0 Å². The number of sulfone groups is 1. The maximum atomic E-state index is 12.0. The summed E-state index contributed by atoms with van der Waals surface area (Å²) in [4.78, 5) is 0.495. The molecule has 0 spiro atoms. The molecule has 0 unspecified atom stereocenters. The summed E-state index contributed by atoms with van der Waals surface area (Å²) < 4.78 is 23.9. The van der Waals surface area contributed by atoms with Crippen LogP contribution < -0.4 is 0 Å². The van der Waals surface area contributed by atoms with E-state index in [1.807, 2.05) is 12.1 Å². The first-order chi connectivity index (χ1) is 7.63. The standard InChI is InChI=1S/C12H15BrO2S/c13-7-2-8-16(14,15)12-6-5-10-3-1-4-11(10)9-12/h5-6,9H,1-4,7-8H2. The monoisotopic (exact) mass is 302 g/mol. The Balaban J connectivity index is 2.27. The summed E-state index contributed by atoms with van der Waals surface area (Å²) in [6.45, 7) is 0. The summed E-state index contributed by atoms with van der Waals surface area (Å²) in [6.07, 6.45) is 3.94. The van der Waals surface area contributed by atoms with Crippen LogP contribution in [0.1, 0.15) is 24.0 Å². The van der Waals surface area contributed by atoms with Crippen LogP contribution in [0.5, 0.6) is 0 Å². The third kappa shape index (κ3) is 2.48. The molecule has 16 heavy (non-hydrogen) atoms. The Hall–Kier alpha value is -0.350. The van der Waals surface area contributed by atoms with Crippen LogP contribution in [-0.4, -0.2) is 19.5 Å². The average molecular weight is 303 g/mol. The first-order valence-electron chi connectivity index (χ1n) is 5.54. The number of aryl methyl sites for hydroxylation is 2. The maximum absolute atomic E-state index is 12.0. The van der Waals surface area contributed by atoms with Crippen molar-refractivity contribution in [1.82, 2.24) is 0 Å². The van der Waals surface area contributed by atoms with Gasteiger partial charge in [0.2, 0.25) is 0 Å². The number of halogens is 1. The van der Waals surface area contributed by atoms with Gasteiger partial charge in [0.25, 0.3) is 0 Å². The van der Waals surface area contributed by atoms with Gasteiger partial charge in [0, 0.05) is 5.33 Å². The molecule has 0 saturated heterocycles. The van der Waals surface area contributed by atoms with E-state index in [0.717, 1.165) is 24.6 Å². The van der Waals surface area contributed by atoms with Gasteiger partial charge < -0.3 is 0 Å². The summed E-state index contributed by atoms with van der Waals surface area (Å²) >= 11 is 3.26. The number of rotatable bonds is 4. The molecule has 0 amide bonds. The lowest BCUT2D eigenvalue weighted by atomic mass is 10.1. The average Bonchev–Trinajstić information content (AvgIpc) is 2.73. The van der Waals surface area contributed by atoms with E-state index >= 15 is 0 Å². The predicted octanol–water partition coefficient (Wildman–Crippen LogP) is 2.73. The fourth-order valence-corrected chi connectivity index (χ4v) is 4.11. The van der Waals surface area contributed by atoms with Gasteiger partial charge in [-0.2, -0.15) is 0 Å². The Morgan fingerprint density at radius 2 is 1.94 bits per heavy atom. The van der Waals surface area contributed by atoms with Crippen molar-refractivity contribution in [2.45, 2.75) is 30.6 Å². The first kappa shape index (κ1) is 12.1. The minimum atomic E-state index is -3.07. The van der Waals surface area contributed by atoms with Crippen LogP contribution in [0.25, 0.3) is 0 Å². The van der Waals surface area contributed by atoms with E-state index in [2.05, 4.69) is 15.9 Å². The van der Waals surface area contributed by atoms with Crippen LogP contribution in [0.4, 0.5) is 0 Å². The Morgan fingerprint density at radius 1 is 1.19 bits per heavy atom. The zero-order chi connectivity index (χ0) is 11.6. The predicted molar refractivity (Wildman–Crippen MR) is 68.9 cm³/mol. The van der Waals surface area contributed by atoms with E-state index in [1.165, 1.54) is 11.1 Å². The van der Waals surface area contributed by atoms with Gasteiger partial charge in [-0.1, -0.05) is 22.0 Å². The van der Waals surface area contributed by atoms with Gasteiger partial charge in [-0.15, -0.1) is 0 Å². The summed E-state index contributed by atoms with van der Waals surface area (Å²) in [6, 6.07) is 5.60. The molecular formula is C12H15BrO2S. The zero-order valence-corrected chi connectivity index (χ0v) is 11.5. The molecule has 0 heterocycles. The molecule has 2 nitrogen and oxygen atoms in total. The quantitative estimate of drug-likeness (QED) is 0.802. The smallest absolute Gasteiger partial charge is 0.178 e. The Morgan fingerprint density at radius 3 is 2.69 bits per heavy atom. The summed E-state index contributed by atoms with van der Waals surface area (Å²) in [5.41, 5.74) is 2.54. The highest BCUT2D eigenvalue weighted by molar-refractivity contribution is 9.09. The Bertz CT molecular complexity index is 480. The van der Waals surface area contributed by atoms with Crippen molar-refractivity contribution in [2.75, 3.05) is 11.1 Å². The van der Waals surface area contributed by atoms with Gasteiger partial charge in [-0.3, -0.25) is 0 Å². The van der Waals surface area contributed by atoms with Crippen LogP contribution in [0.2, 0.25) is 0 Å². The molecule has 0 bridgehead atoms. The molecule has 1 aliphatic carbocycles. The van der Waals surface area contributed by atoms with Crippen LogP contribution in [0.15, 0.2) is 23.1 Å². The fraction of sp³-hybridized carbons (Fsp3) is 0.500. The first-order valence-corrected chi connectivity index (χ1v) is 8.31. The lowest BCUT2D eigenvalue weighted by molar-refractivity contribution is 0.595. The van der Waals surface area contributed by atoms with Crippen molar-refractivity contribution >= 4 is 25.8 Å². The number of alkyl halides is 1. The molecular weight excluding hydrogens is 288 g/mol. The molecule has 0 aromatic heterocycles. The van der Waals surface area contributed by atoms with Gasteiger partial charge in [0.05, 0.1) is 10.6 Å². The summed E-state index contributed by atoms with van der Waals surface area (Å²) in [5, 5.41) is 0.733. The molecule has 1 aromatic rings. The van der Waals surface area contributed by atoms with Crippen molar-refractivity contribution in [3.63, 3.8) is 0 Å². The van der Waals surface area contributed by atoms with Crippen LogP contribution in [-0.2, 0) is 22.7 Å². The molecule has 1 aliphatic rings. The van der Waals surface area contributed by atoms with Crippen molar-refractivity contribution in [3.05, 3.63) is 29.3 Å². The van der Waals surface area contributed by atoms with E-state index in [1.54, 1.807) is 6.07 Å². The molecule has 0 saturated carbocycles. The normalized spacial score (nSPS) is 15.1. The van der Waals surface area contributed by atoms with Crippen molar-refractivity contribution < 1.29 is 8.42 Å². The molecule has 4 heteroatoms. The third-order valence-electron chi connectivity index (χ3n) is 2.98.